The van der Waals surface area contributed by atoms with Crippen LogP contribution >= 0.6 is 11.6 Å². The zero-order valence-corrected chi connectivity index (χ0v) is 17.3. The fourth-order valence-electron chi connectivity index (χ4n) is 3.18. The topological polar surface area (TPSA) is 76.7 Å². The summed E-state index contributed by atoms with van der Waals surface area (Å²) in [6.07, 6.45) is 0.572. The van der Waals surface area contributed by atoms with E-state index in [1.807, 2.05) is 13.8 Å². The molecule has 0 fully saturated rings. The van der Waals surface area contributed by atoms with Crippen LogP contribution in [0.25, 0.3) is 0 Å². The molecule has 0 spiro atoms. The number of halogens is 2. The molecule has 0 unspecified atom stereocenters. The molecule has 0 saturated carbocycles. The molecule has 3 rings (SSSR count). The first kappa shape index (κ1) is 20.7. The van der Waals surface area contributed by atoms with Gasteiger partial charge in [0, 0.05) is 17.6 Å². The summed E-state index contributed by atoms with van der Waals surface area (Å²) in [4.78, 5) is -0.00764. The van der Waals surface area contributed by atoms with E-state index < -0.39 is 15.8 Å². The molecule has 0 aromatic heterocycles. The summed E-state index contributed by atoms with van der Waals surface area (Å²) in [5.74, 6) is 0.203. The van der Waals surface area contributed by atoms with Gasteiger partial charge in [0.1, 0.15) is 28.8 Å². The molecule has 28 heavy (non-hydrogen) atoms. The van der Waals surface area contributed by atoms with Gasteiger partial charge in [0.15, 0.2) is 0 Å². The predicted octanol–water partition coefficient (Wildman–Crippen LogP) is 3.59. The van der Waals surface area contributed by atoms with Crippen molar-refractivity contribution >= 4 is 27.3 Å². The van der Waals surface area contributed by atoms with Crippen LogP contribution < -0.4 is 19.5 Å². The second-order valence-electron chi connectivity index (χ2n) is 6.84. The Morgan fingerprint density at radius 1 is 1.29 bits per heavy atom. The number of benzene rings is 2. The van der Waals surface area contributed by atoms with Gasteiger partial charge in [0.25, 0.3) is 10.0 Å². The van der Waals surface area contributed by atoms with Crippen LogP contribution in [0.1, 0.15) is 19.4 Å². The molecule has 1 atom stereocenters. The minimum atomic E-state index is -3.98. The van der Waals surface area contributed by atoms with Crippen LogP contribution in [0.3, 0.4) is 0 Å². The van der Waals surface area contributed by atoms with E-state index in [1.54, 1.807) is 6.07 Å². The molecule has 2 aromatic rings. The van der Waals surface area contributed by atoms with E-state index in [2.05, 4.69) is 10.0 Å². The number of fused-ring (bicyclic) bond motifs is 1. The van der Waals surface area contributed by atoms with Crippen molar-refractivity contribution in [3.8, 4) is 11.5 Å². The van der Waals surface area contributed by atoms with Gasteiger partial charge in [0.05, 0.1) is 17.8 Å². The van der Waals surface area contributed by atoms with Gasteiger partial charge in [-0.05, 0) is 36.8 Å². The van der Waals surface area contributed by atoms with Crippen LogP contribution in [-0.2, 0) is 16.4 Å². The molecular formula is C19H22ClFN2O4S. The van der Waals surface area contributed by atoms with Crippen molar-refractivity contribution in [3.05, 3.63) is 46.7 Å². The van der Waals surface area contributed by atoms with Crippen LogP contribution in [0.2, 0.25) is 5.02 Å². The Bertz CT molecular complexity index is 982. The zero-order chi connectivity index (χ0) is 20.5. The lowest BCUT2D eigenvalue weighted by Crippen LogP contribution is -2.43. The standard InChI is InChI=1S/C19H22ClFN2O4S/c1-11(2)22-13-8-14-17(26-3)6-7-18(19(14)27-10-13)28(24,25)23-12-4-5-16(21)15(20)9-12/h4-7,9,11,13,22-23H,8,10H2,1-3H3/t13-/m1/s1. The summed E-state index contributed by atoms with van der Waals surface area (Å²) in [6.45, 7) is 4.40. The Labute approximate surface area is 169 Å². The third-order valence-corrected chi connectivity index (χ3v) is 6.01. The minimum Gasteiger partial charge on any atom is -0.496 e. The van der Waals surface area contributed by atoms with E-state index in [4.69, 9.17) is 21.1 Å². The van der Waals surface area contributed by atoms with E-state index >= 15 is 0 Å². The van der Waals surface area contributed by atoms with Gasteiger partial charge in [-0.15, -0.1) is 0 Å². The lowest BCUT2D eigenvalue weighted by Gasteiger charge is -2.30. The molecule has 1 heterocycles. The van der Waals surface area contributed by atoms with Gasteiger partial charge in [-0.1, -0.05) is 25.4 Å². The van der Waals surface area contributed by atoms with Gasteiger partial charge in [-0.2, -0.15) is 0 Å². The van der Waals surface area contributed by atoms with Gasteiger partial charge < -0.3 is 14.8 Å². The smallest absolute Gasteiger partial charge is 0.265 e. The van der Waals surface area contributed by atoms with Crippen molar-refractivity contribution in [1.82, 2.24) is 5.32 Å². The number of nitrogens with one attached hydrogen (secondary N) is 2. The van der Waals surface area contributed by atoms with E-state index in [-0.39, 0.29) is 33.4 Å². The van der Waals surface area contributed by atoms with Crippen LogP contribution in [0.4, 0.5) is 10.1 Å². The van der Waals surface area contributed by atoms with Crippen LogP contribution in [0.15, 0.2) is 35.2 Å². The maximum Gasteiger partial charge on any atom is 0.265 e. The fraction of sp³-hybridized carbons (Fsp3) is 0.368. The van der Waals surface area contributed by atoms with Crippen molar-refractivity contribution in [2.24, 2.45) is 0 Å². The second kappa shape index (κ2) is 8.14. The Kier molecular flexibility index (Phi) is 6.02. The summed E-state index contributed by atoms with van der Waals surface area (Å²) in [6, 6.07) is 6.96. The quantitative estimate of drug-likeness (QED) is 0.735. The molecule has 2 aromatic carbocycles. The molecule has 0 amide bonds. The lowest BCUT2D eigenvalue weighted by molar-refractivity contribution is 0.222. The Morgan fingerprint density at radius 3 is 2.68 bits per heavy atom. The fourth-order valence-corrected chi connectivity index (χ4v) is 4.58. The first-order valence-electron chi connectivity index (χ1n) is 8.78. The van der Waals surface area contributed by atoms with Crippen LogP contribution in [0, 0.1) is 5.82 Å². The molecule has 0 aliphatic carbocycles. The molecule has 2 N–H and O–H groups in total. The third-order valence-electron chi connectivity index (χ3n) is 4.31. The average Bonchev–Trinajstić information content (AvgIpc) is 2.63. The van der Waals surface area contributed by atoms with E-state index in [1.165, 1.54) is 25.3 Å². The van der Waals surface area contributed by atoms with Crippen molar-refractivity contribution in [2.45, 2.75) is 37.2 Å². The summed E-state index contributed by atoms with van der Waals surface area (Å²) in [5, 5.41) is 3.22. The van der Waals surface area contributed by atoms with E-state index in [9.17, 15) is 12.8 Å². The minimum absolute atomic E-state index is 0.00764. The normalized spacial score (nSPS) is 16.4. The molecule has 0 radical (unpaired) electrons. The van der Waals surface area contributed by atoms with E-state index in [0.29, 0.717) is 24.3 Å². The molecule has 0 bridgehead atoms. The summed E-state index contributed by atoms with van der Waals surface area (Å²) in [7, 11) is -2.45. The van der Waals surface area contributed by atoms with Gasteiger partial charge in [-0.25, -0.2) is 12.8 Å². The number of ether oxygens (including phenoxy) is 2. The average molecular weight is 429 g/mol. The molecule has 1 aliphatic rings. The highest BCUT2D eigenvalue weighted by Crippen LogP contribution is 2.39. The molecule has 6 nitrogen and oxygen atoms in total. The van der Waals surface area contributed by atoms with Crippen molar-refractivity contribution in [3.63, 3.8) is 0 Å². The molecule has 1 aliphatic heterocycles. The highest BCUT2D eigenvalue weighted by atomic mass is 35.5. The number of anilines is 1. The number of sulfonamides is 1. The van der Waals surface area contributed by atoms with Crippen molar-refractivity contribution in [1.29, 1.82) is 0 Å². The first-order chi connectivity index (χ1) is 13.2. The molecular weight excluding hydrogens is 407 g/mol. The Hall–Kier alpha value is -2.03. The second-order valence-corrected chi connectivity index (χ2v) is 8.90. The maximum absolute atomic E-state index is 13.3. The van der Waals surface area contributed by atoms with Gasteiger partial charge in [0.2, 0.25) is 0 Å². The SMILES string of the molecule is COc1ccc(S(=O)(=O)Nc2ccc(F)c(Cl)c2)c2c1C[C@@H](NC(C)C)CO2. The van der Waals surface area contributed by atoms with Gasteiger partial charge >= 0.3 is 0 Å². The van der Waals surface area contributed by atoms with Crippen molar-refractivity contribution < 1.29 is 22.3 Å². The highest BCUT2D eigenvalue weighted by molar-refractivity contribution is 7.92. The number of hydrogen-bond donors (Lipinski definition) is 2. The number of rotatable bonds is 6. The monoisotopic (exact) mass is 428 g/mol. The Balaban J connectivity index is 1.97. The maximum atomic E-state index is 13.3. The summed E-state index contributed by atoms with van der Waals surface area (Å²) >= 11 is 5.74. The summed E-state index contributed by atoms with van der Waals surface area (Å²) < 4.78 is 52.9. The summed E-state index contributed by atoms with van der Waals surface area (Å²) in [5.41, 5.74) is 0.845. The van der Waals surface area contributed by atoms with Crippen molar-refractivity contribution in [2.75, 3.05) is 18.4 Å². The zero-order valence-electron chi connectivity index (χ0n) is 15.8. The lowest BCUT2D eigenvalue weighted by atomic mass is 10.0. The van der Waals surface area contributed by atoms with Gasteiger partial charge in [-0.3, -0.25) is 4.72 Å². The van der Waals surface area contributed by atoms with E-state index in [0.717, 1.165) is 6.07 Å². The molecule has 9 heteroatoms. The largest absolute Gasteiger partial charge is 0.496 e. The first-order valence-corrected chi connectivity index (χ1v) is 10.6. The highest BCUT2D eigenvalue weighted by Gasteiger charge is 2.30. The predicted molar refractivity (Wildman–Crippen MR) is 106 cm³/mol. The number of hydrogen-bond acceptors (Lipinski definition) is 5. The number of methoxy groups -OCH3 is 1. The third kappa shape index (κ3) is 4.34. The van der Waals surface area contributed by atoms with Crippen LogP contribution in [-0.4, -0.2) is 34.2 Å². The Morgan fingerprint density at radius 2 is 2.04 bits per heavy atom. The molecule has 0 saturated heterocycles. The molecule has 152 valence electrons. The van der Waals surface area contributed by atoms with Crippen LogP contribution in [0.5, 0.6) is 11.5 Å².